The van der Waals surface area contributed by atoms with E-state index in [9.17, 15) is 19.5 Å². The molecule has 2 aromatic carbocycles. The number of carbonyl (C=O) groups excluding carboxylic acids is 1. The van der Waals surface area contributed by atoms with Gasteiger partial charge in [-0.2, -0.15) is 0 Å². The summed E-state index contributed by atoms with van der Waals surface area (Å²) in [7, 11) is 0. The van der Waals surface area contributed by atoms with Crippen molar-refractivity contribution in [2.24, 2.45) is 5.41 Å². The third-order valence-electron chi connectivity index (χ3n) is 4.81. The number of hydrogen-bond acceptors (Lipinski definition) is 3. The first-order valence-corrected chi connectivity index (χ1v) is 9.56. The highest BCUT2D eigenvalue weighted by Crippen LogP contribution is 2.25. The van der Waals surface area contributed by atoms with Crippen LogP contribution in [0.5, 0.6) is 0 Å². The summed E-state index contributed by atoms with van der Waals surface area (Å²) in [5, 5.41) is 21.0. The Morgan fingerprint density at radius 2 is 1.48 bits per heavy atom. The first kappa shape index (κ1) is 22.1. The van der Waals surface area contributed by atoms with E-state index in [4.69, 9.17) is 5.11 Å². The Morgan fingerprint density at radius 3 is 2.03 bits per heavy atom. The minimum absolute atomic E-state index is 0.133. The van der Waals surface area contributed by atoms with Crippen molar-refractivity contribution in [3.8, 4) is 11.1 Å². The van der Waals surface area contributed by atoms with Crippen LogP contribution in [0.3, 0.4) is 0 Å². The fraction of sp³-hybridized carbons (Fsp3) is 0.348. The zero-order valence-electron chi connectivity index (χ0n) is 16.7. The fourth-order valence-electron chi connectivity index (χ4n) is 3.15. The quantitative estimate of drug-likeness (QED) is 0.566. The van der Waals surface area contributed by atoms with E-state index >= 15 is 0 Å². The largest absolute Gasteiger partial charge is 0.481 e. The normalized spacial score (nSPS) is 12.2. The Kier molecular flexibility index (Phi) is 7.53. The molecule has 0 saturated carbocycles. The maximum atomic E-state index is 12.1. The highest BCUT2D eigenvalue weighted by Gasteiger charge is 2.31. The van der Waals surface area contributed by atoms with Crippen molar-refractivity contribution in [1.29, 1.82) is 0 Å². The van der Waals surface area contributed by atoms with E-state index < -0.39 is 23.4 Å². The highest BCUT2D eigenvalue weighted by atomic mass is 16.4. The molecule has 154 valence electrons. The summed E-state index contributed by atoms with van der Waals surface area (Å²) in [6.07, 6.45) is 0.311. The van der Waals surface area contributed by atoms with E-state index in [1.165, 1.54) is 0 Å². The van der Waals surface area contributed by atoms with Crippen molar-refractivity contribution in [2.75, 3.05) is 0 Å². The van der Waals surface area contributed by atoms with Gasteiger partial charge in [-0.25, -0.2) is 0 Å². The van der Waals surface area contributed by atoms with E-state index in [1.54, 1.807) is 13.8 Å². The molecule has 2 rings (SSSR count). The molecule has 0 aliphatic carbocycles. The molecule has 6 heteroatoms. The van der Waals surface area contributed by atoms with Gasteiger partial charge in [-0.05, 0) is 43.4 Å². The molecular formula is C23H27NO5. The summed E-state index contributed by atoms with van der Waals surface area (Å²) in [5.41, 5.74) is 2.12. The van der Waals surface area contributed by atoms with Crippen LogP contribution in [-0.4, -0.2) is 34.1 Å². The monoisotopic (exact) mass is 397 g/mol. The summed E-state index contributed by atoms with van der Waals surface area (Å²) in [6.45, 7) is 3.23. The lowest BCUT2D eigenvalue weighted by atomic mass is 9.83. The van der Waals surface area contributed by atoms with Crippen LogP contribution in [0, 0.1) is 5.41 Å². The maximum Gasteiger partial charge on any atom is 0.309 e. The predicted molar refractivity (Wildman–Crippen MR) is 110 cm³/mol. The number of nitrogens with one attached hydrogen (secondary N) is 1. The van der Waals surface area contributed by atoms with Crippen molar-refractivity contribution < 1.29 is 24.6 Å². The van der Waals surface area contributed by atoms with Crippen molar-refractivity contribution >= 4 is 17.8 Å². The molecule has 0 heterocycles. The number of rotatable bonds is 10. The lowest BCUT2D eigenvalue weighted by Gasteiger charge is -2.27. The van der Waals surface area contributed by atoms with Gasteiger partial charge in [0, 0.05) is 12.5 Å². The second-order valence-electron chi connectivity index (χ2n) is 7.82. The second kappa shape index (κ2) is 9.87. The SMILES string of the molecule is CC(C)(C[C@@H](Cc1ccc(-c2ccccc2)cc1)NC(=O)CCC(=O)O)C(=O)O. The Hall–Kier alpha value is -3.15. The first-order chi connectivity index (χ1) is 13.7. The molecule has 1 amide bonds. The van der Waals surface area contributed by atoms with Crippen LogP contribution in [0.15, 0.2) is 54.6 Å². The van der Waals surface area contributed by atoms with E-state index in [0.29, 0.717) is 6.42 Å². The van der Waals surface area contributed by atoms with Crippen molar-refractivity contribution in [3.05, 3.63) is 60.2 Å². The van der Waals surface area contributed by atoms with Crippen LogP contribution in [0.4, 0.5) is 0 Å². The Bertz CT molecular complexity index is 843. The average molecular weight is 397 g/mol. The molecule has 0 saturated heterocycles. The maximum absolute atomic E-state index is 12.1. The standard InChI is InChI=1S/C23H27NO5/c1-23(2,22(28)29)15-19(24-20(25)12-13-21(26)27)14-16-8-10-18(11-9-16)17-6-4-3-5-7-17/h3-11,19H,12-15H2,1-2H3,(H,24,25)(H,26,27)(H,28,29)/t19-/m1/s1. The molecule has 29 heavy (non-hydrogen) atoms. The van der Waals surface area contributed by atoms with E-state index in [0.717, 1.165) is 16.7 Å². The van der Waals surface area contributed by atoms with E-state index in [2.05, 4.69) is 5.32 Å². The van der Waals surface area contributed by atoms with Gasteiger partial charge in [0.05, 0.1) is 11.8 Å². The number of carboxylic acid groups (broad SMARTS) is 2. The van der Waals surface area contributed by atoms with E-state index in [-0.39, 0.29) is 25.2 Å². The van der Waals surface area contributed by atoms with Gasteiger partial charge in [0.2, 0.25) is 5.91 Å². The molecule has 1 atom stereocenters. The molecule has 0 bridgehead atoms. The molecule has 3 N–H and O–H groups in total. The summed E-state index contributed by atoms with van der Waals surface area (Å²) in [6, 6.07) is 17.5. The summed E-state index contributed by atoms with van der Waals surface area (Å²) in [4.78, 5) is 34.3. The van der Waals surface area contributed by atoms with Gasteiger partial charge in [-0.1, -0.05) is 54.6 Å². The number of amides is 1. The van der Waals surface area contributed by atoms with Gasteiger partial charge >= 0.3 is 11.9 Å². The topological polar surface area (TPSA) is 104 Å². The van der Waals surface area contributed by atoms with Crippen LogP contribution in [0.2, 0.25) is 0 Å². The smallest absolute Gasteiger partial charge is 0.309 e. The van der Waals surface area contributed by atoms with E-state index in [1.807, 2.05) is 54.6 Å². The predicted octanol–water partition coefficient (Wildman–Crippen LogP) is 3.75. The Morgan fingerprint density at radius 1 is 0.897 bits per heavy atom. The minimum Gasteiger partial charge on any atom is -0.481 e. The molecule has 2 aromatic rings. The van der Waals surface area contributed by atoms with Gasteiger partial charge in [0.25, 0.3) is 0 Å². The average Bonchev–Trinajstić information content (AvgIpc) is 2.67. The van der Waals surface area contributed by atoms with Crippen molar-refractivity contribution in [3.63, 3.8) is 0 Å². The van der Waals surface area contributed by atoms with Gasteiger partial charge in [-0.15, -0.1) is 0 Å². The summed E-state index contributed by atoms with van der Waals surface area (Å²) in [5.74, 6) is -2.37. The fourth-order valence-corrected chi connectivity index (χ4v) is 3.15. The zero-order valence-corrected chi connectivity index (χ0v) is 16.7. The van der Waals surface area contributed by atoms with Crippen LogP contribution >= 0.6 is 0 Å². The number of hydrogen-bond donors (Lipinski definition) is 3. The number of aliphatic carboxylic acids is 2. The lowest BCUT2D eigenvalue weighted by Crippen LogP contribution is -2.41. The molecule has 0 fully saturated rings. The van der Waals surface area contributed by atoms with Crippen molar-refractivity contribution in [2.45, 2.75) is 45.6 Å². The summed E-state index contributed by atoms with van der Waals surface area (Å²) >= 11 is 0. The second-order valence-corrected chi connectivity index (χ2v) is 7.82. The van der Waals surface area contributed by atoms with Crippen LogP contribution in [0.25, 0.3) is 11.1 Å². The zero-order chi connectivity index (χ0) is 21.4. The third kappa shape index (κ3) is 7.07. The highest BCUT2D eigenvalue weighted by molar-refractivity contribution is 5.81. The van der Waals surface area contributed by atoms with Gasteiger partial charge in [0.1, 0.15) is 0 Å². The van der Waals surface area contributed by atoms with Crippen LogP contribution in [0.1, 0.15) is 38.7 Å². The molecule has 0 spiro atoms. The van der Waals surface area contributed by atoms with Gasteiger partial charge in [-0.3, -0.25) is 14.4 Å². The molecule has 0 radical (unpaired) electrons. The van der Waals surface area contributed by atoms with Crippen LogP contribution < -0.4 is 5.32 Å². The summed E-state index contributed by atoms with van der Waals surface area (Å²) < 4.78 is 0. The Balaban J connectivity index is 2.12. The van der Waals surface area contributed by atoms with Gasteiger partial charge < -0.3 is 15.5 Å². The molecule has 0 unspecified atom stereocenters. The Labute approximate surface area is 170 Å². The molecular weight excluding hydrogens is 370 g/mol. The van der Waals surface area contributed by atoms with Gasteiger partial charge in [0.15, 0.2) is 0 Å². The first-order valence-electron chi connectivity index (χ1n) is 9.56. The van der Waals surface area contributed by atoms with Crippen molar-refractivity contribution in [1.82, 2.24) is 5.32 Å². The number of carboxylic acids is 2. The third-order valence-corrected chi connectivity index (χ3v) is 4.81. The number of benzene rings is 2. The molecule has 0 aromatic heterocycles. The molecule has 6 nitrogen and oxygen atoms in total. The molecule has 0 aliphatic heterocycles. The minimum atomic E-state index is -1.04. The number of carbonyl (C=O) groups is 3. The lowest BCUT2D eigenvalue weighted by molar-refractivity contribution is -0.147. The van der Waals surface area contributed by atoms with Crippen LogP contribution in [-0.2, 0) is 20.8 Å². The molecule has 0 aliphatic rings.